The number of aliphatic imine (C=N–C) groups is 1. The van der Waals surface area contributed by atoms with Crippen molar-refractivity contribution in [1.82, 2.24) is 5.32 Å². The molecule has 0 saturated carbocycles. The molecule has 0 atom stereocenters. The first-order valence-corrected chi connectivity index (χ1v) is 12.0. The molecule has 2 aromatic rings. The summed E-state index contributed by atoms with van der Waals surface area (Å²) in [7, 11) is 0. The predicted octanol–water partition coefficient (Wildman–Crippen LogP) is 7.08. The van der Waals surface area contributed by atoms with Crippen LogP contribution in [0.1, 0.15) is 51.0 Å². The van der Waals surface area contributed by atoms with Gasteiger partial charge >= 0.3 is 0 Å². The standard InChI is InChI=1S/C24H27BrN2O2S/c1-2-3-4-5-6-7-15-29-21-13-11-18(12-14-21)16-22-23(28)27-24(30-22)26-20-10-8-9-19(25)17-20/h8-14,16-17H,2-7,15H2,1H3,(H,26,27,28)/b22-16+. The first-order valence-electron chi connectivity index (χ1n) is 10.4. The lowest BCUT2D eigenvalue weighted by atomic mass is 10.1. The largest absolute Gasteiger partial charge is 0.494 e. The minimum absolute atomic E-state index is 0.128. The minimum Gasteiger partial charge on any atom is -0.494 e. The fraction of sp³-hybridized carbons (Fsp3) is 0.333. The third-order valence-electron chi connectivity index (χ3n) is 4.63. The number of nitrogens with zero attached hydrogens (tertiary/aromatic N) is 1. The zero-order chi connectivity index (χ0) is 21.2. The van der Waals surface area contributed by atoms with E-state index in [-0.39, 0.29) is 5.91 Å². The van der Waals surface area contributed by atoms with Gasteiger partial charge in [0.2, 0.25) is 0 Å². The molecule has 4 nitrogen and oxygen atoms in total. The first kappa shape index (κ1) is 22.6. The number of amidine groups is 1. The van der Waals surface area contributed by atoms with Crippen LogP contribution in [0.3, 0.4) is 0 Å². The van der Waals surface area contributed by atoms with E-state index in [4.69, 9.17) is 4.74 Å². The van der Waals surface area contributed by atoms with Gasteiger partial charge in [0, 0.05) is 4.47 Å². The number of carbonyl (C=O) groups is 1. The van der Waals surface area contributed by atoms with Crippen molar-refractivity contribution in [2.24, 2.45) is 4.99 Å². The summed E-state index contributed by atoms with van der Waals surface area (Å²) in [6.07, 6.45) is 9.40. The van der Waals surface area contributed by atoms with Crippen LogP contribution in [-0.4, -0.2) is 17.7 Å². The van der Waals surface area contributed by atoms with E-state index in [1.807, 2.05) is 54.6 Å². The average Bonchev–Trinajstić information content (AvgIpc) is 3.07. The number of nitrogens with one attached hydrogen (secondary N) is 1. The molecular weight excluding hydrogens is 460 g/mol. The molecule has 1 heterocycles. The normalized spacial score (nSPS) is 16.3. The summed E-state index contributed by atoms with van der Waals surface area (Å²) in [6, 6.07) is 15.5. The summed E-state index contributed by atoms with van der Waals surface area (Å²) >= 11 is 4.78. The van der Waals surface area contributed by atoms with Crippen molar-refractivity contribution in [3.8, 4) is 5.75 Å². The number of hydrogen-bond donors (Lipinski definition) is 1. The highest BCUT2D eigenvalue weighted by Gasteiger charge is 2.23. The number of unbranched alkanes of at least 4 members (excludes halogenated alkanes) is 5. The smallest absolute Gasteiger partial charge is 0.264 e. The van der Waals surface area contributed by atoms with Crippen molar-refractivity contribution in [1.29, 1.82) is 0 Å². The van der Waals surface area contributed by atoms with Crippen LogP contribution in [0.5, 0.6) is 5.75 Å². The Morgan fingerprint density at radius 1 is 1.07 bits per heavy atom. The molecule has 0 unspecified atom stereocenters. The molecule has 1 aliphatic heterocycles. The highest BCUT2D eigenvalue weighted by atomic mass is 79.9. The van der Waals surface area contributed by atoms with Crippen LogP contribution in [0.2, 0.25) is 0 Å². The number of carbonyl (C=O) groups excluding carboxylic acids is 1. The number of benzene rings is 2. The molecule has 1 aliphatic rings. The number of amides is 1. The van der Waals surface area contributed by atoms with E-state index in [9.17, 15) is 4.79 Å². The van der Waals surface area contributed by atoms with Gasteiger partial charge in [-0.1, -0.05) is 73.2 Å². The third-order valence-corrected chi connectivity index (χ3v) is 6.04. The molecule has 1 fully saturated rings. The Balaban J connectivity index is 1.51. The molecule has 0 radical (unpaired) electrons. The Morgan fingerprint density at radius 3 is 2.60 bits per heavy atom. The summed E-state index contributed by atoms with van der Waals surface area (Å²) in [6.45, 7) is 2.98. The summed E-state index contributed by atoms with van der Waals surface area (Å²) in [4.78, 5) is 17.4. The second-order valence-corrected chi connectivity index (χ2v) is 9.09. The molecule has 2 aromatic carbocycles. The fourth-order valence-electron chi connectivity index (χ4n) is 3.03. The molecule has 0 bridgehead atoms. The second-order valence-electron chi connectivity index (χ2n) is 7.15. The van der Waals surface area contributed by atoms with Gasteiger partial charge in [0.05, 0.1) is 17.2 Å². The molecule has 0 spiro atoms. The van der Waals surface area contributed by atoms with Crippen LogP contribution in [-0.2, 0) is 4.79 Å². The number of thioether (sulfide) groups is 1. The van der Waals surface area contributed by atoms with Gasteiger partial charge in [-0.3, -0.25) is 4.79 Å². The molecule has 0 aromatic heterocycles. The Labute approximate surface area is 191 Å². The van der Waals surface area contributed by atoms with E-state index in [1.165, 1.54) is 43.9 Å². The summed E-state index contributed by atoms with van der Waals surface area (Å²) in [5, 5.41) is 3.41. The van der Waals surface area contributed by atoms with Crippen LogP contribution < -0.4 is 10.1 Å². The van der Waals surface area contributed by atoms with E-state index in [2.05, 4.69) is 33.2 Å². The molecule has 1 amide bonds. The van der Waals surface area contributed by atoms with Crippen molar-refractivity contribution in [3.63, 3.8) is 0 Å². The lowest BCUT2D eigenvalue weighted by Gasteiger charge is -2.06. The average molecular weight is 487 g/mol. The lowest BCUT2D eigenvalue weighted by molar-refractivity contribution is -0.115. The van der Waals surface area contributed by atoms with Gasteiger partial charge in [0.1, 0.15) is 5.75 Å². The van der Waals surface area contributed by atoms with Crippen molar-refractivity contribution in [2.75, 3.05) is 6.61 Å². The molecule has 1 N–H and O–H groups in total. The van der Waals surface area contributed by atoms with Crippen LogP contribution in [0.25, 0.3) is 6.08 Å². The van der Waals surface area contributed by atoms with Crippen molar-refractivity contribution >= 4 is 50.5 Å². The van der Waals surface area contributed by atoms with Crippen molar-refractivity contribution in [3.05, 3.63) is 63.5 Å². The Kier molecular flexibility index (Phi) is 9.02. The van der Waals surface area contributed by atoms with Gasteiger partial charge in [0.25, 0.3) is 5.91 Å². The lowest BCUT2D eigenvalue weighted by Crippen LogP contribution is -2.19. The Hall–Kier alpha value is -2.05. The summed E-state index contributed by atoms with van der Waals surface area (Å²) in [5.41, 5.74) is 1.75. The zero-order valence-corrected chi connectivity index (χ0v) is 19.6. The summed E-state index contributed by atoms with van der Waals surface area (Å²) in [5.74, 6) is 0.739. The fourth-order valence-corrected chi connectivity index (χ4v) is 4.26. The van der Waals surface area contributed by atoms with Gasteiger partial charge in [-0.15, -0.1) is 0 Å². The van der Waals surface area contributed by atoms with Crippen LogP contribution in [0.15, 0.2) is 62.9 Å². The topological polar surface area (TPSA) is 50.7 Å². The maximum absolute atomic E-state index is 12.3. The Bertz CT molecular complexity index is 910. The van der Waals surface area contributed by atoms with Crippen molar-refractivity contribution in [2.45, 2.75) is 45.4 Å². The van der Waals surface area contributed by atoms with Gasteiger partial charge < -0.3 is 10.1 Å². The highest BCUT2D eigenvalue weighted by Crippen LogP contribution is 2.29. The zero-order valence-electron chi connectivity index (χ0n) is 17.2. The summed E-state index contributed by atoms with van der Waals surface area (Å²) < 4.78 is 6.78. The van der Waals surface area contributed by atoms with Crippen LogP contribution >= 0.6 is 27.7 Å². The number of rotatable bonds is 10. The van der Waals surface area contributed by atoms with Gasteiger partial charge in [-0.2, -0.15) is 0 Å². The Morgan fingerprint density at radius 2 is 1.83 bits per heavy atom. The van der Waals surface area contributed by atoms with E-state index in [0.717, 1.165) is 34.5 Å². The quantitative estimate of drug-likeness (QED) is 0.288. The molecule has 3 rings (SSSR count). The van der Waals surface area contributed by atoms with E-state index in [0.29, 0.717) is 10.1 Å². The predicted molar refractivity (Wildman–Crippen MR) is 130 cm³/mol. The first-order chi connectivity index (χ1) is 14.6. The maximum Gasteiger partial charge on any atom is 0.264 e. The monoisotopic (exact) mass is 486 g/mol. The SMILES string of the molecule is CCCCCCCCOc1ccc(/C=C2/SC(=Nc3cccc(Br)c3)NC2=O)cc1. The van der Waals surface area contributed by atoms with Gasteiger partial charge in [-0.05, 0) is 60.2 Å². The molecule has 0 aliphatic carbocycles. The van der Waals surface area contributed by atoms with Crippen molar-refractivity contribution < 1.29 is 9.53 Å². The minimum atomic E-state index is -0.128. The van der Waals surface area contributed by atoms with E-state index >= 15 is 0 Å². The number of hydrogen-bond acceptors (Lipinski definition) is 4. The number of halogens is 1. The highest BCUT2D eigenvalue weighted by molar-refractivity contribution is 9.10. The van der Waals surface area contributed by atoms with Crippen LogP contribution in [0, 0.1) is 0 Å². The third kappa shape index (κ3) is 7.33. The molecular formula is C24H27BrN2O2S. The van der Waals surface area contributed by atoms with Gasteiger partial charge in [0.15, 0.2) is 5.17 Å². The van der Waals surface area contributed by atoms with Gasteiger partial charge in [-0.25, -0.2) is 4.99 Å². The number of ether oxygens (including phenoxy) is 1. The van der Waals surface area contributed by atoms with Crippen LogP contribution in [0.4, 0.5) is 5.69 Å². The van der Waals surface area contributed by atoms with E-state index < -0.39 is 0 Å². The molecule has 1 saturated heterocycles. The molecule has 30 heavy (non-hydrogen) atoms. The van der Waals surface area contributed by atoms with E-state index in [1.54, 1.807) is 0 Å². The molecule has 6 heteroatoms. The maximum atomic E-state index is 12.3. The second kappa shape index (κ2) is 12.0. The molecule has 158 valence electrons.